The minimum absolute atomic E-state index is 0.164. The van der Waals surface area contributed by atoms with Crippen molar-refractivity contribution in [1.82, 2.24) is 30.2 Å². The number of alkyl carbamates (subject to hydrolysis) is 1. The van der Waals surface area contributed by atoms with E-state index in [9.17, 15) is 36.4 Å². The van der Waals surface area contributed by atoms with Crippen LogP contribution in [0.4, 0.5) is 13.6 Å². The lowest BCUT2D eigenvalue weighted by Gasteiger charge is -2.36. The maximum absolute atomic E-state index is 15.0. The van der Waals surface area contributed by atoms with Gasteiger partial charge in [-0.25, -0.2) is 32.0 Å². The lowest BCUT2D eigenvalue weighted by molar-refractivity contribution is -0.144. The third-order valence-electron chi connectivity index (χ3n) is 13.4. The van der Waals surface area contributed by atoms with Crippen molar-refractivity contribution in [2.75, 3.05) is 13.7 Å². The highest BCUT2D eigenvalue weighted by molar-refractivity contribution is 7.91. The van der Waals surface area contributed by atoms with Crippen molar-refractivity contribution in [3.63, 3.8) is 0 Å². The molecule has 3 N–H and O–H groups in total. The average molecular weight is 861 g/mol. The zero-order valence-corrected chi connectivity index (χ0v) is 36.0. The Hall–Kier alpha value is -4.35. The molecule has 4 amide bonds. The van der Waals surface area contributed by atoms with Crippen molar-refractivity contribution >= 4 is 44.9 Å². The lowest BCUT2D eigenvalue weighted by atomic mass is 9.85. The second-order valence-corrected chi connectivity index (χ2v) is 20.9. The Labute approximate surface area is 349 Å². The standard InChI is InChI=1S/C42H58F2N6O9S/c1-7-25-31-22-50(32(25)35(51)48-42(21-26(42)34(43)44)38(53)49-60(55,56)41(5)18-19-41)37(52)33(40(2,3)4)47-39(54)59-30-15-11-13-23(30)12-9-8-10-14-28-36(58-31)46-29-20-24(57-6)16-17-27(29)45-28/h16-17,20,23,25-26,30-34H,7-15,18-19,21-22H2,1-6H3,(H,47,54)(H,48,51)(H,49,53)/t23-,25-,26+,30-,31+,32+,33-,42-/m1/s1. The van der Waals surface area contributed by atoms with Gasteiger partial charge in [-0.15, -0.1) is 0 Å². The molecule has 330 valence electrons. The summed E-state index contributed by atoms with van der Waals surface area (Å²) in [4.78, 5) is 68.2. The number of ether oxygens (including phenoxy) is 3. The fourth-order valence-corrected chi connectivity index (χ4v) is 10.5. The summed E-state index contributed by atoms with van der Waals surface area (Å²) >= 11 is 0. The maximum Gasteiger partial charge on any atom is 0.408 e. The number of amides is 4. The molecule has 18 heteroatoms. The number of sulfonamides is 1. The van der Waals surface area contributed by atoms with Gasteiger partial charge in [-0.2, -0.15) is 0 Å². The van der Waals surface area contributed by atoms with Gasteiger partial charge in [0.25, 0.3) is 5.91 Å². The molecule has 0 spiro atoms. The highest BCUT2D eigenvalue weighted by Gasteiger charge is 2.68. The predicted octanol–water partition coefficient (Wildman–Crippen LogP) is 5.19. The van der Waals surface area contributed by atoms with Gasteiger partial charge in [-0.05, 0) is 94.6 Å². The van der Waals surface area contributed by atoms with Crippen LogP contribution in [-0.2, 0) is 35.6 Å². The molecule has 2 aromatic rings. The summed E-state index contributed by atoms with van der Waals surface area (Å²) in [6.45, 7) is 8.36. The summed E-state index contributed by atoms with van der Waals surface area (Å²) in [6.07, 6.45) is 1.77. The number of alkyl halides is 2. The number of carbonyl (C=O) groups excluding carboxylic acids is 4. The van der Waals surface area contributed by atoms with Crippen LogP contribution in [0.2, 0.25) is 0 Å². The molecule has 1 saturated heterocycles. The predicted molar refractivity (Wildman–Crippen MR) is 216 cm³/mol. The number of hydrogen-bond donors (Lipinski definition) is 3. The normalized spacial score (nSPS) is 30.8. The van der Waals surface area contributed by atoms with Crippen LogP contribution in [0.15, 0.2) is 18.2 Å². The number of benzene rings is 1. The first-order valence-electron chi connectivity index (χ1n) is 21.3. The SMILES string of the molecule is CC[C@@H]1[C@@H]2CN(C(=O)[C@H](C(C)(C)C)NC(=O)O[C@@H]3CCC[C@H]3CCCCCc3nc4ccc(OC)cc4nc3O2)[C@@H]1C(=O)N[C@]1(C(=O)NS(=O)(=O)C2(C)CC2)C[C@H]1C(F)F. The fraction of sp³-hybridized carbons (Fsp3) is 0.714. The monoisotopic (exact) mass is 860 g/mol. The van der Waals surface area contributed by atoms with Gasteiger partial charge in [0.15, 0.2) is 0 Å². The van der Waals surface area contributed by atoms with Gasteiger partial charge < -0.3 is 29.7 Å². The first-order valence-corrected chi connectivity index (χ1v) is 22.7. The minimum Gasteiger partial charge on any atom is -0.497 e. The minimum atomic E-state index is -4.25. The van der Waals surface area contributed by atoms with Gasteiger partial charge in [-0.3, -0.25) is 19.1 Å². The molecular formula is C42H58F2N6O9S. The summed E-state index contributed by atoms with van der Waals surface area (Å²) in [6, 6.07) is 2.73. The molecule has 2 aliphatic heterocycles. The largest absolute Gasteiger partial charge is 0.497 e. The molecule has 3 aliphatic carbocycles. The summed E-state index contributed by atoms with van der Waals surface area (Å²) in [5.41, 5.74) is -1.44. The third-order valence-corrected chi connectivity index (χ3v) is 15.6. The highest BCUT2D eigenvalue weighted by atomic mass is 32.2. The van der Waals surface area contributed by atoms with Gasteiger partial charge in [0.2, 0.25) is 34.1 Å². The Bertz CT molecular complexity index is 2110. The lowest BCUT2D eigenvalue weighted by Crippen LogP contribution is -2.61. The van der Waals surface area contributed by atoms with Gasteiger partial charge >= 0.3 is 6.09 Å². The molecule has 1 aromatic carbocycles. The van der Waals surface area contributed by atoms with E-state index in [4.69, 9.17) is 24.2 Å². The Morgan fingerprint density at radius 2 is 1.77 bits per heavy atom. The second-order valence-electron chi connectivity index (χ2n) is 18.7. The van der Waals surface area contributed by atoms with Crippen molar-refractivity contribution in [1.29, 1.82) is 0 Å². The second kappa shape index (κ2) is 16.5. The fourth-order valence-electron chi connectivity index (χ4n) is 9.23. The van der Waals surface area contributed by atoms with Crippen molar-refractivity contribution in [3.8, 4) is 11.6 Å². The zero-order chi connectivity index (χ0) is 43.4. The van der Waals surface area contributed by atoms with E-state index in [0.717, 1.165) is 38.5 Å². The van der Waals surface area contributed by atoms with Crippen LogP contribution >= 0.6 is 0 Å². The van der Waals surface area contributed by atoms with Crippen LogP contribution < -0.4 is 24.8 Å². The van der Waals surface area contributed by atoms with Gasteiger partial charge in [0.05, 0.1) is 35.4 Å². The zero-order valence-electron chi connectivity index (χ0n) is 35.2. The average Bonchev–Trinajstić information content (AvgIpc) is 4.03. The van der Waals surface area contributed by atoms with Gasteiger partial charge in [0.1, 0.15) is 41.3 Å². The highest BCUT2D eigenvalue weighted by Crippen LogP contribution is 2.50. The smallest absolute Gasteiger partial charge is 0.408 e. The summed E-state index contributed by atoms with van der Waals surface area (Å²) in [5, 5.41) is 5.33. The van der Waals surface area contributed by atoms with Crippen molar-refractivity contribution in [2.45, 2.75) is 153 Å². The van der Waals surface area contributed by atoms with E-state index in [0.29, 0.717) is 48.2 Å². The number of aromatic nitrogens is 2. The van der Waals surface area contributed by atoms with E-state index < -0.39 is 92.4 Å². The Morgan fingerprint density at radius 3 is 2.42 bits per heavy atom. The molecule has 15 nitrogen and oxygen atoms in total. The first-order chi connectivity index (χ1) is 28.3. The van der Waals surface area contributed by atoms with E-state index in [-0.39, 0.29) is 30.9 Å². The number of aryl methyl sites for hydroxylation is 1. The van der Waals surface area contributed by atoms with Crippen molar-refractivity contribution in [2.24, 2.45) is 23.2 Å². The van der Waals surface area contributed by atoms with Gasteiger partial charge in [-0.1, -0.05) is 40.5 Å². The molecule has 4 fully saturated rings. The molecule has 3 heterocycles. The van der Waals surface area contributed by atoms with E-state index in [1.54, 1.807) is 46.9 Å². The molecular weight excluding hydrogens is 803 g/mol. The van der Waals surface area contributed by atoms with E-state index in [2.05, 4.69) is 10.6 Å². The summed E-state index contributed by atoms with van der Waals surface area (Å²) in [5.74, 6) is -4.35. The number of halogens is 2. The number of rotatable bonds is 8. The molecule has 3 saturated carbocycles. The van der Waals surface area contributed by atoms with Crippen LogP contribution in [0.5, 0.6) is 11.6 Å². The first kappa shape index (κ1) is 43.7. The summed E-state index contributed by atoms with van der Waals surface area (Å²) in [7, 11) is -2.71. The third kappa shape index (κ3) is 8.58. The molecule has 8 atom stereocenters. The number of nitrogens with one attached hydrogen (secondary N) is 3. The van der Waals surface area contributed by atoms with E-state index in [1.807, 2.05) is 10.8 Å². The Morgan fingerprint density at radius 1 is 1.03 bits per heavy atom. The number of carbonyl (C=O) groups is 4. The molecule has 2 bridgehead atoms. The summed E-state index contributed by atoms with van der Waals surface area (Å²) < 4.78 is 73.9. The number of nitrogens with zero attached hydrogens (tertiary/aromatic N) is 3. The van der Waals surface area contributed by atoms with Crippen LogP contribution in [-0.4, -0.2) is 102 Å². The Balaban J connectivity index is 1.28. The number of methoxy groups -OCH3 is 1. The molecule has 0 unspecified atom stereocenters. The van der Waals surface area contributed by atoms with Crippen LogP contribution in [0, 0.1) is 23.2 Å². The number of fused-ring (bicyclic) bond motifs is 5. The van der Waals surface area contributed by atoms with Gasteiger partial charge in [0, 0.05) is 12.0 Å². The molecule has 60 heavy (non-hydrogen) atoms. The molecule has 5 aliphatic rings. The number of hydrogen-bond acceptors (Lipinski definition) is 11. The van der Waals surface area contributed by atoms with Crippen LogP contribution in [0.1, 0.15) is 111 Å². The van der Waals surface area contributed by atoms with Crippen LogP contribution in [0.3, 0.4) is 0 Å². The van der Waals surface area contributed by atoms with Crippen molar-refractivity contribution < 1.29 is 50.6 Å². The van der Waals surface area contributed by atoms with Crippen LogP contribution in [0.25, 0.3) is 11.0 Å². The maximum atomic E-state index is 15.0. The van der Waals surface area contributed by atoms with E-state index >= 15 is 0 Å². The molecule has 1 aromatic heterocycles. The molecule has 0 radical (unpaired) electrons. The van der Waals surface area contributed by atoms with E-state index in [1.165, 1.54) is 11.8 Å². The topological polar surface area (TPSA) is 195 Å². The molecule has 7 rings (SSSR count). The quantitative estimate of drug-likeness (QED) is 0.316. The Kier molecular flexibility index (Phi) is 12.0. The van der Waals surface area contributed by atoms with Crippen molar-refractivity contribution in [3.05, 3.63) is 23.9 Å².